The molecule has 4 heteroatoms. The second-order valence-corrected chi connectivity index (χ2v) is 9.82. The first-order chi connectivity index (χ1) is 17.1. The number of rotatable bonds is 27. The maximum Gasteiger partial charge on any atom is 0.327 e. The number of unbranched alkanes of at least 4 members (excludes halogenated alkanes) is 21. The molecule has 0 aliphatic carbocycles. The fraction of sp³-hybridized carbons (Fsp3) is 0.742. The van der Waals surface area contributed by atoms with E-state index in [9.17, 15) is 9.59 Å². The Morgan fingerprint density at radius 2 is 0.543 bits per heavy atom. The molecule has 0 aliphatic heterocycles. The fourth-order valence-corrected chi connectivity index (χ4v) is 4.30. The Kier molecular flexibility index (Phi) is 26.9. The number of aliphatic carboxylic acids is 2. The lowest BCUT2D eigenvalue weighted by atomic mass is 10.0. The molecule has 0 bridgehead atoms. The van der Waals surface area contributed by atoms with E-state index in [1.54, 1.807) is 12.2 Å². The zero-order chi connectivity index (χ0) is 25.7. The van der Waals surface area contributed by atoms with E-state index < -0.39 is 11.9 Å². The van der Waals surface area contributed by atoms with Gasteiger partial charge in [-0.15, -0.1) is 0 Å². The van der Waals surface area contributed by atoms with Crippen LogP contribution in [-0.2, 0) is 9.59 Å². The second-order valence-electron chi connectivity index (χ2n) is 9.82. The molecule has 0 radical (unpaired) electrons. The Balaban J connectivity index is 3.14. The topological polar surface area (TPSA) is 74.6 Å². The summed E-state index contributed by atoms with van der Waals surface area (Å²) >= 11 is 0. The molecule has 0 rings (SSSR count). The number of hydrogen-bond acceptors (Lipinski definition) is 2. The molecule has 0 saturated carbocycles. The van der Waals surface area contributed by atoms with Crippen molar-refractivity contribution >= 4 is 11.9 Å². The standard InChI is InChI=1S/C31H54O4/c32-30(33)28-26-24-22-20-18-16-14-12-10-8-6-4-2-1-3-5-7-9-11-13-15-17-19-21-23-25-27-29-31(34)35/h10,12,26-29H,1-9,11,13-25H2,(H,32,33)(H,34,35). The maximum absolute atomic E-state index is 10.4. The normalized spacial score (nSPS) is 11.9. The summed E-state index contributed by atoms with van der Waals surface area (Å²) in [4.78, 5) is 20.7. The summed E-state index contributed by atoms with van der Waals surface area (Å²) < 4.78 is 0. The number of carbonyl (C=O) groups is 2. The molecular formula is C31H54O4. The van der Waals surface area contributed by atoms with Gasteiger partial charge in [-0.2, -0.15) is 0 Å². The summed E-state index contributed by atoms with van der Waals surface area (Å²) in [7, 11) is 0. The van der Waals surface area contributed by atoms with Crippen molar-refractivity contribution in [2.24, 2.45) is 0 Å². The SMILES string of the molecule is O=C(O)C=CCCCCCCC=CCCCCCCCCCCCCCCCCCC=CC(=O)O. The van der Waals surface area contributed by atoms with E-state index in [0.29, 0.717) is 0 Å². The third-order valence-corrected chi connectivity index (χ3v) is 6.42. The highest BCUT2D eigenvalue weighted by Crippen LogP contribution is 2.14. The van der Waals surface area contributed by atoms with E-state index >= 15 is 0 Å². The Morgan fingerprint density at radius 1 is 0.343 bits per heavy atom. The van der Waals surface area contributed by atoms with Crippen LogP contribution in [0.5, 0.6) is 0 Å². The number of carboxylic acid groups (broad SMARTS) is 2. The summed E-state index contributed by atoms with van der Waals surface area (Å²) in [5, 5.41) is 17.0. The minimum Gasteiger partial charge on any atom is -0.478 e. The molecule has 0 unspecified atom stereocenters. The Labute approximate surface area is 216 Å². The van der Waals surface area contributed by atoms with Crippen LogP contribution in [0.15, 0.2) is 36.5 Å². The van der Waals surface area contributed by atoms with Crippen LogP contribution in [0.3, 0.4) is 0 Å². The molecule has 0 saturated heterocycles. The van der Waals surface area contributed by atoms with E-state index in [4.69, 9.17) is 10.2 Å². The predicted molar refractivity (Wildman–Crippen MR) is 149 cm³/mol. The van der Waals surface area contributed by atoms with Crippen LogP contribution in [0.2, 0.25) is 0 Å². The highest BCUT2D eigenvalue weighted by molar-refractivity contribution is 5.79. The van der Waals surface area contributed by atoms with Crippen molar-refractivity contribution in [1.29, 1.82) is 0 Å². The first-order valence-electron chi connectivity index (χ1n) is 14.6. The number of allylic oxidation sites excluding steroid dienone is 4. The lowest BCUT2D eigenvalue weighted by molar-refractivity contribution is -0.132. The molecule has 0 atom stereocenters. The average molecular weight is 491 g/mol. The van der Waals surface area contributed by atoms with Gasteiger partial charge in [0.05, 0.1) is 0 Å². The van der Waals surface area contributed by atoms with E-state index in [-0.39, 0.29) is 0 Å². The zero-order valence-electron chi connectivity index (χ0n) is 22.4. The van der Waals surface area contributed by atoms with Crippen LogP contribution in [-0.4, -0.2) is 22.2 Å². The number of carboxylic acids is 2. The van der Waals surface area contributed by atoms with Gasteiger partial charge in [0.1, 0.15) is 0 Å². The Morgan fingerprint density at radius 3 is 0.771 bits per heavy atom. The molecule has 0 amide bonds. The number of hydrogen-bond donors (Lipinski definition) is 2. The zero-order valence-corrected chi connectivity index (χ0v) is 22.4. The quantitative estimate of drug-likeness (QED) is 0.0682. The van der Waals surface area contributed by atoms with Crippen molar-refractivity contribution in [3.05, 3.63) is 36.5 Å². The van der Waals surface area contributed by atoms with Gasteiger partial charge in [-0.25, -0.2) is 9.59 Å². The van der Waals surface area contributed by atoms with Gasteiger partial charge < -0.3 is 10.2 Å². The largest absolute Gasteiger partial charge is 0.478 e. The van der Waals surface area contributed by atoms with E-state index in [1.165, 1.54) is 134 Å². The molecule has 0 aromatic heterocycles. The highest BCUT2D eigenvalue weighted by Gasteiger charge is 1.95. The van der Waals surface area contributed by atoms with E-state index in [2.05, 4.69) is 12.2 Å². The smallest absolute Gasteiger partial charge is 0.327 e. The minimum atomic E-state index is -0.848. The summed E-state index contributed by atoms with van der Waals surface area (Å²) in [5.74, 6) is -1.69. The average Bonchev–Trinajstić information content (AvgIpc) is 2.82. The van der Waals surface area contributed by atoms with Crippen molar-refractivity contribution in [2.75, 3.05) is 0 Å². The lowest BCUT2D eigenvalue weighted by Gasteiger charge is -2.03. The lowest BCUT2D eigenvalue weighted by Crippen LogP contribution is -1.86. The van der Waals surface area contributed by atoms with Gasteiger partial charge in [0.2, 0.25) is 0 Å². The molecule has 2 N–H and O–H groups in total. The molecule has 0 fully saturated rings. The maximum atomic E-state index is 10.4. The van der Waals surface area contributed by atoms with Gasteiger partial charge in [0.25, 0.3) is 0 Å². The minimum absolute atomic E-state index is 0.841. The van der Waals surface area contributed by atoms with Gasteiger partial charge in [-0.05, 0) is 51.4 Å². The Bertz CT molecular complexity index is 562. The van der Waals surface area contributed by atoms with Crippen molar-refractivity contribution in [1.82, 2.24) is 0 Å². The predicted octanol–water partition coefficient (Wildman–Crippen LogP) is 9.80. The van der Waals surface area contributed by atoms with Crippen LogP contribution in [0, 0.1) is 0 Å². The third kappa shape index (κ3) is 32.2. The fourth-order valence-electron chi connectivity index (χ4n) is 4.30. The monoisotopic (exact) mass is 490 g/mol. The van der Waals surface area contributed by atoms with Gasteiger partial charge in [0.15, 0.2) is 0 Å². The van der Waals surface area contributed by atoms with Gasteiger partial charge >= 0.3 is 11.9 Å². The van der Waals surface area contributed by atoms with Crippen LogP contribution in [0.1, 0.15) is 148 Å². The van der Waals surface area contributed by atoms with Crippen molar-refractivity contribution in [2.45, 2.75) is 148 Å². The first kappa shape index (κ1) is 33.2. The van der Waals surface area contributed by atoms with E-state index in [1.807, 2.05) is 0 Å². The molecule has 0 aliphatic rings. The van der Waals surface area contributed by atoms with Crippen LogP contribution < -0.4 is 0 Å². The van der Waals surface area contributed by atoms with Crippen LogP contribution >= 0.6 is 0 Å². The summed E-state index contributed by atoms with van der Waals surface area (Å²) in [5.41, 5.74) is 0. The molecule has 0 spiro atoms. The molecule has 0 aromatic rings. The summed E-state index contributed by atoms with van der Waals surface area (Å²) in [6.45, 7) is 0. The molecule has 4 nitrogen and oxygen atoms in total. The molecule has 35 heavy (non-hydrogen) atoms. The molecule has 0 aromatic carbocycles. The Hall–Kier alpha value is -1.84. The van der Waals surface area contributed by atoms with Crippen molar-refractivity contribution in [3.63, 3.8) is 0 Å². The van der Waals surface area contributed by atoms with Crippen LogP contribution in [0.4, 0.5) is 0 Å². The van der Waals surface area contributed by atoms with Crippen molar-refractivity contribution < 1.29 is 19.8 Å². The molecule has 0 heterocycles. The second kappa shape index (κ2) is 28.4. The van der Waals surface area contributed by atoms with Crippen molar-refractivity contribution in [3.8, 4) is 0 Å². The van der Waals surface area contributed by atoms with Gasteiger partial charge in [-0.1, -0.05) is 121 Å². The van der Waals surface area contributed by atoms with E-state index in [0.717, 1.165) is 25.7 Å². The van der Waals surface area contributed by atoms with Gasteiger partial charge in [-0.3, -0.25) is 0 Å². The van der Waals surface area contributed by atoms with Gasteiger partial charge in [0, 0.05) is 12.2 Å². The third-order valence-electron chi connectivity index (χ3n) is 6.42. The van der Waals surface area contributed by atoms with Crippen LogP contribution in [0.25, 0.3) is 0 Å². The molecular weight excluding hydrogens is 436 g/mol. The first-order valence-corrected chi connectivity index (χ1v) is 14.6. The summed E-state index contributed by atoms with van der Waals surface area (Å²) in [6, 6.07) is 0. The summed E-state index contributed by atoms with van der Waals surface area (Å²) in [6.07, 6.45) is 39.8. The molecule has 202 valence electrons. The highest BCUT2D eigenvalue weighted by atomic mass is 16.4.